The molecule has 0 saturated carbocycles. The van der Waals surface area contributed by atoms with Gasteiger partial charge >= 0.3 is 0 Å². The van der Waals surface area contributed by atoms with Crippen LogP contribution in [0.15, 0.2) is 41.8 Å². The molecule has 25 heavy (non-hydrogen) atoms. The Kier molecular flexibility index (Phi) is 5.93. The van der Waals surface area contributed by atoms with E-state index in [4.69, 9.17) is 19.9 Å². The van der Waals surface area contributed by atoms with E-state index >= 15 is 0 Å². The predicted molar refractivity (Wildman–Crippen MR) is 98.6 cm³/mol. The first kappa shape index (κ1) is 18.7. The maximum Gasteiger partial charge on any atom is 0.175 e. The van der Waals surface area contributed by atoms with Crippen molar-refractivity contribution in [3.8, 4) is 17.2 Å². The lowest BCUT2D eigenvalue weighted by Crippen LogP contribution is -2.01. The molecule has 0 atom stereocenters. The summed E-state index contributed by atoms with van der Waals surface area (Å²) >= 11 is 0. The molecule has 2 aromatic rings. The molecule has 0 radical (unpaired) electrons. The SMILES string of the molecule is COc1ccc(/C=C/S(=O)(=O)Cc2ccc(OC)c(N)c2)c(OC)c1. The van der Waals surface area contributed by atoms with Crippen molar-refractivity contribution in [3.63, 3.8) is 0 Å². The summed E-state index contributed by atoms with van der Waals surface area (Å²) in [6, 6.07) is 10.1. The number of nitrogens with two attached hydrogens (primary N) is 1. The summed E-state index contributed by atoms with van der Waals surface area (Å²) in [5.41, 5.74) is 7.44. The molecule has 2 aromatic carbocycles. The Balaban J connectivity index is 2.21. The number of methoxy groups -OCH3 is 3. The molecule has 7 heteroatoms. The lowest BCUT2D eigenvalue weighted by atomic mass is 10.2. The summed E-state index contributed by atoms with van der Waals surface area (Å²) < 4.78 is 40.1. The van der Waals surface area contributed by atoms with Crippen molar-refractivity contribution in [3.05, 3.63) is 52.9 Å². The topological polar surface area (TPSA) is 87.9 Å². The highest BCUT2D eigenvalue weighted by atomic mass is 32.2. The normalized spacial score (nSPS) is 11.5. The minimum Gasteiger partial charge on any atom is -0.497 e. The zero-order chi connectivity index (χ0) is 18.4. The summed E-state index contributed by atoms with van der Waals surface area (Å²) in [4.78, 5) is 0. The number of hydrogen-bond acceptors (Lipinski definition) is 6. The zero-order valence-electron chi connectivity index (χ0n) is 14.4. The molecule has 0 aromatic heterocycles. The number of benzene rings is 2. The number of rotatable bonds is 7. The van der Waals surface area contributed by atoms with Gasteiger partial charge in [-0.15, -0.1) is 0 Å². The van der Waals surface area contributed by atoms with Gasteiger partial charge in [0, 0.05) is 17.0 Å². The number of sulfone groups is 1. The average Bonchev–Trinajstić information content (AvgIpc) is 2.59. The third-order valence-electron chi connectivity index (χ3n) is 3.56. The Morgan fingerprint density at radius 3 is 2.28 bits per heavy atom. The maximum absolute atomic E-state index is 12.3. The van der Waals surface area contributed by atoms with E-state index in [-0.39, 0.29) is 5.75 Å². The van der Waals surface area contributed by atoms with Gasteiger partial charge in [-0.3, -0.25) is 0 Å². The van der Waals surface area contributed by atoms with Crippen LogP contribution in [0.3, 0.4) is 0 Å². The van der Waals surface area contributed by atoms with Crippen molar-refractivity contribution < 1.29 is 22.6 Å². The van der Waals surface area contributed by atoms with Gasteiger partial charge in [0.25, 0.3) is 0 Å². The number of nitrogen functional groups attached to an aromatic ring is 1. The van der Waals surface area contributed by atoms with Gasteiger partial charge in [-0.2, -0.15) is 0 Å². The van der Waals surface area contributed by atoms with E-state index in [9.17, 15) is 8.42 Å². The van der Waals surface area contributed by atoms with Gasteiger partial charge in [-0.25, -0.2) is 8.42 Å². The third-order valence-corrected chi connectivity index (χ3v) is 4.84. The van der Waals surface area contributed by atoms with E-state index in [2.05, 4.69) is 0 Å². The highest BCUT2D eigenvalue weighted by Gasteiger charge is 2.11. The highest BCUT2D eigenvalue weighted by molar-refractivity contribution is 7.93. The van der Waals surface area contributed by atoms with Gasteiger partial charge in [0.05, 0.1) is 32.8 Å². The summed E-state index contributed by atoms with van der Waals surface area (Å²) in [5.74, 6) is 1.51. The van der Waals surface area contributed by atoms with Crippen molar-refractivity contribution in [2.45, 2.75) is 5.75 Å². The standard InChI is InChI=1S/C18H21NO5S/c1-22-15-6-5-14(18(11-15)24-3)8-9-25(20,21)12-13-4-7-17(23-2)16(19)10-13/h4-11H,12,19H2,1-3H3/b9-8+. The fraction of sp³-hybridized carbons (Fsp3) is 0.222. The van der Waals surface area contributed by atoms with E-state index in [0.29, 0.717) is 34.1 Å². The smallest absolute Gasteiger partial charge is 0.175 e. The van der Waals surface area contributed by atoms with Crippen molar-refractivity contribution >= 4 is 21.6 Å². The fourth-order valence-electron chi connectivity index (χ4n) is 2.29. The van der Waals surface area contributed by atoms with Crippen LogP contribution in [0.2, 0.25) is 0 Å². The number of anilines is 1. The minimum absolute atomic E-state index is 0.157. The van der Waals surface area contributed by atoms with E-state index in [1.54, 1.807) is 43.5 Å². The van der Waals surface area contributed by atoms with Gasteiger partial charge in [0.15, 0.2) is 9.84 Å². The molecule has 2 N–H and O–H groups in total. The third kappa shape index (κ3) is 4.90. The van der Waals surface area contributed by atoms with Crippen LogP contribution in [0.25, 0.3) is 6.08 Å². The Morgan fingerprint density at radius 2 is 1.68 bits per heavy atom. The number of hydrogen-bond donors (Lipinski definition) is 1. The van der Waals surface area contributed by atoms with Crippen LogP contribution < -0.4 is 19.9 Å². The summed E-state index contributed by atoms with van der Waals surface area (Å²) in [6.07, 6.45) is 1.50. The molecule has 2 rings (SSSR count). The quantitative estimate of drug-likeness (QED) is 0.761. The molecule has 0 bridgehead atoms. The molecule has 0 heterocycles. The maximum atomic E-state index is 12.3. The van der Waals surface area contributed by atoms with E-state index in [1.807, 2.05) is 0 Å². The lowest BCUT2D eigenvalue weighted by molar-refractivity contribution is 0.394. The van der Waals surface area contributed by atoms with Crippen LogP contribution in [-0.4, -0.2) is 29.7 Å². The van der Waals surface area contributed by atoms with Crippen molar-refractivity contribution in [1.82, 2.24) is 0 Å². The van der Waals surface area contributed by atoms with E-state index < -0.39 is 9.84 Å². The van der Waals surface area contributed by atoms with Crippen LogP contribution in [0.5, 0.6) is 17.2 Å². The second-order valence-electron chi connectivity index (χ2n) is 5.29. The first-order chi connectivity index (χ1) is 11.9. The Morgan fingerprint density at radius 1 is 0.960 bits per heavy atom. The molecule has 6 nitrogen and oxygen atoms in total. The van der Waals surface area contributed by atoms with Crippen molar-refractivity contribution in [2.24, 2.45) is 0 Å². The monoisotopic (exact) mass is 363 g/mol. The van der Waals surface area contributed by atoms with Crippen LogP contribution in [-0.2, 0) is 15.6 Å². The van der Waals surface area contributed by atoms with Crippen molar-refractivity contribution in [1.29, 1.82) is 0 Å². The predicted octanol–water partition coefficient (Wildman–Crippen LogP) is 2.88. The minimum atomic E-state index is -3.47. The molecule has 0 aliphatic heterocycles. The Bertz CT molecular complexity index is 875. The Hall–Kier alpha value is -2.67. The van der Waals surface area contributed by atoms with Crippen LogP contribution in [0, 0.1) is 0 Å². The molecule has 0 spiro atoms. The number of ether oxygens (including phenoxy) is 3. The van der Waals surface area contributed by atoms with Crippen LogP contribution >= 0.6 is 0 Å². The van der Waals surface area contributed by atoms with Gasteiger partial charge in [-0.05, 0) is 35.9 Å². The zero-order valence-corrected chi connectivity index (χ0v) is 15.2. The summed E-state index contributed by atoms with van der Waals surface area (Å²) in [7, 11) is 1.10. The van der Waals surface area contributed by atoms with Crippen LogP contribution in [0.4, 0.5) is 5.69 Å². The summed E-state index contributed by atoms with van der Waals surface area (Å²) in [5, 5.41) is 1.16. The highest BCUT2D eigenvalue weighted by Crippen LogP contribution is 2.27. The van der Waals surface area contributed by atoms with E-state index in [0.717, 1.165) is 5.41 Å². The second-order valence-corrected chi connectivity index (χ2v) is 7.18. The molecule has 0 aliphatic carbocycles. The van der Waals surface area contributed by atoms with Crippen molar-refractivity contribution in [2.75, 3.05) is 27.1 Å². The summed E-state index contributed by atoms with van der Waals surface area (Å²) in [6.45, 7) is 0. The molecule has 0 unspecified atom stereocenters. The fourth-order valence-corrected chi connectivity index (χ4v) is 3.38. The molecule has 0 fully saturated rings. The first-order valence-electron chi connectivity index (χ1n) is 7.44. The first-order valence-corrected chi connectivity index (χ1v) is 9.15. The van der Waals surface area contributed by atoms with Crippen LogP contribution in [0.1, 0.15) is 11.1 Å². The molecule has 0 amide bonds. The largest absolute Gasteiger partial charge is 0.497 e. The van der Waals surface area contributed by atoms with Gasteiger partial charge < -0.3 is 19.9 Å². The second kappa shape index (κ2) is 7.94. The lowest BCUT2D eigenvalue weighted by Gasteiger charge is -2.08. The van der Waals surface area contributed by atoms with E-state index in [1.165, 1.54) is 20.3 Å². The molecule has 134 valence electrons. The molecular weight excluding hydrogens is 342 g/mol. The average molecular weight is 363 g/mol. The molecule has 0 aliphatic rings. The Labute approximate surface area is 147 Å². The molecule has 0 saturated heterocycles. The van der Waals surface area contributed by atoms with Gasteiger partial charge in [0.2, 0.25) is 0 Å². The van der Waals surface area contributed by atoms with Gasteiger partial charge in [0.1, 0.15) is 17.2 Å². The van der Waals surface area contributed by atoms with Gasteiger partial charge in [-0.1, -0.05) is 6.07 Å². The molecular formula is C18H21NO5S.